The first-order chi connectivity index (χ1) is 13.6. The van der Waals surface area contributed by atoms with Crippen LogP contribution in [0, 0.1) is 0 Å². The van der Waals surface area contributed by atoms with Crippen LogP contribution in [0.3, 0.4) is 0 Å². The van der Waals surface area contributed by atoms with Gasteiger partial charge in [0.25, 0.3) is 0 Å². The van der Waals surface area contributed by atoms with Gasteiger partial charge in [-0.3, -0.25) is 0 Å². The molecule has 0 saturated heterocycles. The monoisotopic (exact) mass is 381 g/mol. The van der Waals surface area contributed by atoms with Crippen LogP contribution in [0.4, 0.5) is 0 Å². The summed E-state index contributed by atoms with van der Waals surface area (Å²) in [5, 5.41) is 13.5. The molecule has 0 heterocycles. The number of ether oxygens (including phenoxy) is 1. The number of nitrogens with zero attached hydrogens (tertiary/aromatic N) is 1. The quantitative estimate of drug-likeness (QED) is 0.265. The number of hydrogen-bond donors (Lipinski definition) is 1. The van der Waals surface area contributed by atoms with Gasteiger partial charge >= 0.3 is 0 Å². The van der Waals surface area contributed by atoms with E-state index in [-0.39, 0.29) is 12.2 Å². The van der Waals surface area contributed by atoms with Crippen molar-refractivity contribution in [1.29, 1.82) is 0 Å². The molecule has 0 saturated carbocycles. The fourth-order valence-electron chi connectivity index (χ4n) is 3.81. The Labute approximate surface area is 170 Å². The van der Waals surface area contributed by atoms with E-state index in [1.54, 1.807) is 0 Å². The molecule has 2 unspecified atom stereocenters. The molecule has 28 heavy (non-hydrogen) atoms. The molecule has 152 valence electrons. The zero-order valence-electron chi connectivity index (χ0n) is 17.8. The van der Waals surface area contributed by atoms with E-state index in [2.05, 4.69) is 51.0 Å². The third kappa shape index (κ3) is 6.49. The van der Waals surface area contributed by atoms with Gasteiger partial charge in [0.1, 0.15) is 5.71 Å². The highest BCUT2D eigenvalue weighted by Gasteiger charge is 2.20. The maximum atomic E-state index is 9.80. The third-order valence-corrected chi connectivity index (χ3v) is 5.14. The summed E-state index contributed by atoms with van der Waals surface area (Å²) in [4.78, 5) is 0. The number of oxime groups is 1. The van der Waals surface area contributed by atoms with Crippen LogP contribution in [0.15, 0.2) is 59.8 Å². The molecule has 1 N–H and O–H groups in total. The standard InChI is InChI=1S/C25H35NO2/c1-5-6-12-21(18-17-20(4)28-19(2)3)23-15-10-11-16-24(23)25(26-27)22-13-8-7-9-14-22/h7-11,13-16,19-21,27H,5-6,12,17-18H2,1-4H3. The van der Waals surface area contributed by atoms with E-state index in [0.29, 0.717) is 11.6 Å². The second kappa shape index (κ2) is 11.7. The minimum absolute atomic E-state index is 0.247. The smallest absolute Gasteiger partial charge is 0.117 e. The minimum Gasteiger partial charge on any atom is -0.410 e. The van der Waals surface area contributed by atoms with Gasteiger partial charge in [-0.05, 0) is 51.5 Å². The van der Waals surface area contributed by atoms with Gasteiger partial charge in [0, 0.05) is 11.1 Å². The first-order valence-corrected chi connectivity index (χ1v) is 10.6. The van der Waals surface area contributed by atoms with Crippen molar-refractivity contribution in [2.45, 2.75) is 77.9 Å². The van der Waals surface area contributed by atoms with Gasteiger partial charge in [0.2, 0.25) is 0 Å². The van der Waals surface area contributed by atoms with Crippen LogP contribution >= 0.6 is 0 Å². The first-order valence-electron chi connectivity index (χ1n) is 10.6. The molecule has 0 aromatic heterocycles. The highest BCUT2D eigenvalue weighted by atomic mass is 16.5. The maximum absolute atomic E-state index is 9.80. The molecule has 0 aliphatic heterocycles. The summed E-state index contributed by atoms with van der Waals surface area (Å²) in [5.74, 6) is 0.426. The Morgan fingerprint density at radius 2 is 1.61 bits per heavy atom. The molecule has 2 atom stereocenters. The number of unbranched alkanes of at least 4 members (excludes halogenated alkanes) is 1. The van der Waals surface area contributed by atoms with Crippen molar-refractivity contribution in [2.75, 3.05) is 0 Å². The molecule has 2 aromatic carbocycles. The van der Waals surface area contributed by atoms with E-state index in [1.165, 1.54) is 18.4 Å². The van der Waals surface area contributed by atoms with Gasteiger partial charge in [-0.15, -0.1) is 0 Å². The van der Waals surface area contributed by atoms with Gasteiger partial charge in [-0.1, -0.05) is 79.5 Å². The average molecular weight is 382 g/mol. The first kappa shape index (κ1) is 22.2. The topological polar surface area (TPSA) is 41.8 Å². The van der Waals surface area contributed by atoms with Crippen molar-refractivity contribution in [3.63, 3.8) is 0 Å². The second-order valence-corrected chi connectivity index (χ2v) is 7.81. The van der Waals surface area contributed by atoms with Crippen molar-refractivity contribution in [3.8, 4) is 0 Å². The lowest BCUT2D eigenvalue weighted by Crippen LogP contribution is -2.16. The Morgan fingerprint density at radius 1 is 0.929 bits per heavy atom. The predicted molar refractivity (Wildman–Crippen MR) is 117 cm³/mol. The largest absolute Gasteiger partial charge is 0.410 e. The Balaban J connectivity index is 2.30. The average Bonchev–Trinajstić information content (AvgIpc) is 2.69. The molecule has 0 bridgehead atoms. The molecule has 0 spiro atoms. The number of benzene rings is 2. The molecule has 0 radical (unpaired) electrons. The zero-order chi connectivity index (χ0) is 20.4. The number of hydrogen-bond acceptors (Lipinski definition) is 3. The van der Waals surface area contributed by atoms with E-state index >= 15 is 0 Å². The zero-order valence-corrected chi connectivity index (χ0v) is 17.8. The van der Waals surface area contributed by atoms with Crippen molar-refractivity contribution >= 4 is 5.71 Å². The van der Waals surface area contributed by atoms with Crippen LogP contribution in [-0.4, -0.2) is 23.1 Å². The van der Waals surface area contributed by atoms with E-state index < -0.39 is 0 Å². The summed E-state index contributed by atoms with van der Waals surface area (Å²) in [6.45, 7) is 8.57. The summed E-state index contributed by atoms with van der Waals surface area (Å²) < 4.78 is 5.95. The van der Waals surface area contributed by atoms with Crippen LogP contribution in [0.25, 0.3) is 0 Å². The third-order valence-electron chi connectivity index (χ3n) is 5.14. The minimum atomic E-state index is 0.247. The summed E-state index contributed by atoms with van der Waals surface area (Å²) >= 11 is 0. The van der Waals surface area contributed by atoms with Crippen LogP contribution in [0.5, 0.6) is 0 Å². The van der Waals surface area contributed by atoms with Crippen LogP contribution in [-0.2, 0) is 4.74 Å². The van der Waals surface area contributed by atoms with Crippen molar-refractivity contribution in [2.24, 2.45) is 5.16 Å². The molecule has 3 nitrogen and oxygen atoms in total. The van der Waals surface area contributed by atoms with Crippen LogP contribution in [0.1, 0.15) is 82.4 Å². The normalized spacial score (nSPS) is 14.2. The number of rotatable bonds is 11. The molecule has 3 heteroatoms. The lowest BCUT2D eigenvalue weighted by molar-refractivity contribution is 0.0123. The highest BCUT2D eigenvalue weighted by molar-refractivity contribution is 6.13. The Kier molecular flexibility index (Phi) is 9.22. The fraction of sp³-hybridized carbons (Fsp3) is 0.480. The molecule has 0 aliphatic carbocycles. The summed E-state index contributed by atoms with van der Waals surface area (Å²) in [6.07, 6.45) is 6.09. The molecule has 2 aromatic rings. The predicted octanol–water partition coefficient (Wildman–Crippen LogP) is 6.78. The van der Waals surface area contributed by atoms with Gasteiger partial charge in [-0.2, -0.15) is 0 Å². The van der Waals surface area contributed by atoms with Crippen LogP contribution in [0.2, 0.25) is 0 Å². The molecule has 2 rings (SSSR count). The van der Waals surface area contributed by atoms with E-state index in [9.17, 15) is 5.21 Å². The Bertz CT molecular complexity index is 724. The summed E-state index contributed by atoms with van der Waals surface area (Å²) in [5.41, 5.74) is 3.87. The second-order valence-electron chi connectivity index (χ2n) is 7.81. The Morgan fingerprint density at radius 3 is 2.25 bits per heavy atom. The van der Waals surface area contributed by atoms with E-state index in [1.807, 2.05) is 36.4 Å². The Hall–Kier alpha value is -2.13. The van der Waals surface area contributed by atoms with Gasteiger partial charge in [0.05, 0.1) is 12.2 Å². The van der Waals surface area contributed by atoms with Crippen molar-refractivity contribution in [3.05, 3.63) is 71.3 Å². The van der Waals surface area contributed by atoms with E-state index in [0.717, 1.165) is 30.4 Å². The SMILES string of the molecule is CCCCC(CCC(C)OC(C)C)c1ccccc1C(=NO)c1ccccc1. The van der Waals surface area contributed by atoms with Crippen LogP contribution < -0.4 is 0 Å². The molecule has 0 aliphatic rings. The van der Waals surface area contributed by atoms with Gasteiger partial charge < -0.3 is 9.94 Å². The van der Waals surface area contributed by atoms with Crippen molar-refractivity contribution in [1.82, 2.24) is 0 Å². The lowest BCUT2D eigenvalue weighted by Gasteiger charge is -2.23. The molecule has 0 amide bonds. The molecular formula is C25H35NO2. The van der Waals surface area contributed by atoms with Gasteiger partial charge in [-0.25, -0.2) is 0 Å². The maximum Gasteiger partial charge on any atom is 0.117 e. The van der Waals surface area contributed by atoms with Gasteiger partial charge in [0.15, 0.2) is 0 Å². The summed E-state index contributed by atoms with van der Waals surface area (Å²) in [6, 6.07) is 18.3. The molecule has 0 fully saturated rings. The lowest BCUT2D eigenvalue weighted by atomic mass is 9.83. The van der Waals surface area contributed by atoms with Crippen molar-refractivity contribution < 1.29 is 9.94 Å². The summed E-state index contributed by atoms with van der Waals surface area (Å²) in [7, 11) is 0. The van der Waals surface area contributed by atoms with E-state index in [4.69, 9.17) is 4.74 Å². The highest BCUT2D eigenvalue weighted by Crippen LogP contribution is 2.32. The molecular weight excluding hydrogens is 346 g/mol. The fourth-order valence-corrected chi connectivity index (χ4v) is 3.81.